The molecule has 6 nitrogen and oxygen atoms in total. The van der Waals surface area contributed by atoms with Crippen molar-refractivity contribution in [3.8, 4) is 0 Å². The van der Waals surface area contributed by atoms with E-state index in [0.29, 0.717) is 0 Å². The molecule has 150 valence electrons. The topological polar surface area (TPSA) is 66.5 Å². The Morgan fingerprint density at radius 3 is 2.31 bits per heavy atom. The Kier molecular flexibility index (Phi) is 5.36. The van der Waals surface area contributed by atoms with Crippen LogP contribution in [0, 0.1) is 20.8 Å². The van der Waals surface area contributed by atoms with E-state index < -0.39 is 0 Å². The Morgan fingerprint density at radius 1 is 0.897 bits per heavy atom. The molecule has 0 aliphatic carbocycles. The number of pyridine rings is 1. The number of hydrogen-bond donors (Lipinski definition) is 2. The van der Waals surface area contributed by atoms with Gasteiger partial charge in [-0.1, -0.05) is 6.07 Å². The van der Waals surface area contributed by atoms with E-state index in [1.54, 1.807) is 0 Å². The van der Waals surface area contributed by atoms with Crippen LogP contribution in [0.25, 0.3) is 10.9 Å². The molecule has 2 amide bonds. The quantitative estimate of drug-likeness (QED) is 0.684. The Bertz CT molecular complexity index is 1060. The molecule has 2 aromatic carbocycles. The number of aromatic nitrogens is 1. The van der Waals surface area contributed by atoms with Gasteiger partial charge in [-0.15, -0.1) is 0 Å². The summed E-state index contributed by atoms with van der Waals surface area (Å²) in [5.74, 6) is 0.978. The lowest BCUT2D eigenvalue weighted by Gasteiger charge is -2.28. The maximum absolute atomic E-state index is 12.4. The van der Waals surface area contributed by atoms with Crippen LogP contribution in [0.2, 0.25) is 0 Å². The lowest BCUT2D eigenvalue weighted by atomic mass is 10.1. The molecule has 4 rings (SSSR count). The molecular formula is C23H26N4O2. The lowest BCUT2D eigenvalue weighted by Crippen LogP contribution is -2.36. The molecule has 1 saturated heterocycles. The zero-order chi connectivity index (χ0) is 20.4. The summed E-state index contributed by atoms with van der Waals surface area (Å²) in [6.07, 6.45) is 0. The van der Waals surface area contributed by atoms with Crippen molar-refractivity contribution >= 4 is 34.1 Å². The molecule has 2 N–H and O–H groups in total. The molecule has 6 heteroatoms. The Morgan fingerprint density at radius 2 is 1.59 bits per heavy atom. The van der Waals surface area contributed by atoms with E-state index in [1.807, 2.05) is 43.3 Å². The minimum absolute atomic E-state index is 0.261. The number of nitrogens with one attached hydrogen (secondary N) is 2. The third kappa shape index (κ3) is 4.32. The molecule has 1 aliphatic rings. The second-order valence-electron chi connectivity index (χ2n) is 7.51. The number of aryl methyl sites for hydroxylation is 3. The Balaban J connectivity index is 1.51. The number of ether oxygens (including phenoxy) is 1. The molecule has 29 heavy (non-hydrogen) atoms. The van der Waals surface area contributed by atoms with Crippen molar-refractivity contribution in [1.82, 2.24) is 4.98 Å². The zero-order valence-corrected chi connectivity index (χ0v) is 17.1. The fourth-order valence-electron chi connectivity index (χ4n) is 3.52. The van der Waals surface area contributed by atoms with E-state index in [1.165, 1.54) is 5.56 Å². The first kappa shape index (κ1) is 19.2. The number of nitrogens with zero attached hydrogens (tertiary/aromatic N) is 2. The van der Waals surface area contributed by atoms with Crippen LogP contribution in [-0.2, 0) is 4.74 Å². The normalized spacial score (nSPS) is 14.1. The first-order valence-corrected chi connectivity index (χ1v) is 9.89. The molecule has 0 atom stereocenters. The molecule has 3 aromatic rings. The molecule has 0 saturated carbocycles. The van der Waals surface area contributed by atoms with Crippen molar-refractivity contribution in [2.75, 3.05) is 41.8 Å². The van der Waals surface area contributed by atoms with E-state index in [2.05, 4.69) is 35.4 Å². The number of carbonyl (C=O) groups excluding carboxylic acids is 1. The monoisotopic (exact) mass is 390 g/mol. The fraction of sp³-hybridized carbons (Fsp3) is 0.304. The van der Waals surface area contributed by atoms with E-state index in [9.17, 15) is 4.79 Å². The predicted octanol–water partition coefficient (Wildman–Crippen LogP) is 4.64. The van der Waals surface area contributed by atoms with Gasteiger partial charge in [0.25, 0.3) is 0 Å². The van der Waals surface area contributed by atoms with E-state index in [-0.39, 0.29) is 6.03 Å². The van der Waals surface area contributed by atoms with Gasteiger partial charge in [0.05, 0.1) is 18.7 Å². The number of amides is 2. The minimum atomic E-state index is -0.261. The molecule has 2 heterocycles. The average Bonchev–Trinajstić information content (AvgIpc) is 2.71. The van der Waals surface area contributed by atoms with Gasteiger partial charge in [-0.25, -0.2) is 9.78 Å². The highest BCUT2D eigenvalue weighted by molar-refractivity contribution is 6.01. The second kappa shape index (κ2) is 8.09. The summed E-state index contributed by atoms with van der Waals surface area (Å²) < 4.78 is 5.43. The van der Waals surface area contributed by atoms with Gasteiger partial charge in [0.15, 0.2) is 0 Å². The SMILES string of the molecule is Cc1ccc(NC(=O)Nc2ccc3nc(N4CCOCC4)cc(C)c3c2)cc1C. The maximum Gasteiger partial charge on any atom is 0.323 e. The largest absolute Gasteiger partial charge is 0.378 e. The van der Waals surface area contributed by atoms with Crippen LogP contribution in [0.5, 0.6) is 0 Å². The van der Waals surface area contributed by atoms with Crippen LogP contribution in [0.1, 0.15) is 16.7 Å². The van der Waals surface area contributed by atoms with Crippen molar-refractivity contribution in [1.29, 1.82) is 0 Å². The van der Waals surface area contributed by atoms with Crippen molar-refractivity contribution in [2.24, 2.45) is 0 Å². The van der Waals surface area contributed by atoms with Crippen LogP contribution in [-0.4, -0.2) is 37.3 Å². The molecule has 1 fully saturated rings. The van der Waals surface area contributed by atoms with Crippen molar-refractivity contribution < 1.29 is 9.53 Å². The summed E-state index contributed by atoms with van der Waals surface area (Å²) in [4.78, 5) is 19.5. The summed E-state index contributed by atoms with van der Waals surface area (Å²) in [6, 6.07) is 13.5. The first-order valence-electron chi connectivity index (χ1n) is 9.89. The number of carbonyl (C=O) groups is 1. The maximum atomic E-state index is 12.4. The number of hydrogen-bond acceptors (Lipinski definition) is 4. The summed E-state index contributed by atoms with van der Waals surface area (Å²) in [6.45, 7) is 9.34. The number of fused-ring (bicyclic) bond motifs is 1. The second-order valence-corrected chi connectivity index (χ2v) is 7.51. The van der Waals surface area contributed by atoms with Crippen molar-refractivity contribution in [3.05, 3.63) is 59.2 Å². The van der Waals surface area contributed by atoms with Crippen LogP contribution in [0.3, 0.4) is 0 Å². The van der Waals surface area contributed by atoms with Gasteiger partial charge in [0.1, 0.15) is 5.82 Å². The standard InChI is InChI=1S/C23H26N4O2/c1-15-4-5-18(12-16(15)2)24-23(28)25-19-6-7-21-20(14-19)17(3)13-22(26-21)27-8-10-29-11-9-27/h4-7,12-14H,8-11H2,1-3H3,(H2,24,25,28). The van der Waals surface area contributed by atoms with Crippen LogP contribution < -0.4 is 15.5 Å². The molecular weight excluding hydrogens is 364 g/mol. The third-order valence-corrected chi connectivity index (χ3v) is 5.36. The number of benzene rings is 2. The molecule has 0 spiro atoms. The summed E-state index contributed by atoms with van der Waals surface area (Å²) in [5.41, 5.74) is 5.92. The van der Waals surface area contributed by atoms with E-state index in [0.717, 1.165) is 65.5 Å². The highest BCUT2D eigenvalue weighted by Gasteiger charge is 2.14. The molecule has 1 aromatic heterocycles. The third-order valence-electron chi connectivity index (χ3n) is 5.36. The summed E-state index contributed by atoms with van der Waals surface area (Å²) in [7, 11) is 0. The molecule has 0 bridgehead atoms. The van der Waals surface area contributed by atoms with Gasteiger partial charge >= 0.3 is 6.03 Å². The molecule has 1 aliphatic heterocycles. The fourth-order valence-corrected chi connectivity index (χ4v) is 3.52. The van der Waals surface area contributed by atoms with Crippen LogP contribution in [0.4, 0.5) is 22.0 Å². The van der Waals surface area contributed by atoms with Gasteiger partial charge in [0, 0.05) is 29.9 Å². The first-order chi connectivity index (χ1) is 14.0. The van der Waals surface area contributed by atoms with E-state index in [4.69, 9.17) is 9.72 Å². The number of anilines is 3. The van der Waals surface area contributed by atoms with E-state index >= 15 is 0 Å². The Labute approximate surface area is 170 Å². The van der Waals surface area contributed by atoms with Crippen molar-refractivity contribution in [2.45, 2.75) is 20.8 Å². The highest BCUT2D eigenvalue weighted by atomic mass is 16.5. The number of urea groups is 1. The number of rotatable bonds is 3. The summed E-state index contributed by atoms with van der Waals surface area (Å²) in [5, 5.41) is 6.84. The number of morpholine rings is 1. The van der Waals surface area contributed by atoms with Gasteiger partial charge in [0.2, 0.25) is 0 Å². The van der Waals surface area contributed by atoms with Gasteiger partial charge in [-0.2, -0.15) is 0 Å². The van der Waals surface area contributed by atoms with Gasteiger partial charge in [-0.05, 0) is 73.9 Å². The smallest absolute Gasteiger partial charge is 0.323 e. The predicted molar refractivity (Wildman–Crippen MR) is 118 cm³/mol. The zero-order valence-electron chi connectivity index (χ0n) is 17.1. The lowest BCUT2D eigenvalue weighted by molar-refractivity contribution is 0.122. The molecule has 0 unspecified atom stereocenters. The van der Waals surface area contributed by atoms with Crippen LogP contribution in [0.15, 0.2) is 42.5 Å². The van der Waals surface area contributed by atoms with Crippen LogP contribution >= 0.6 is 0 Å². The van der Waals surface area contributed by atoms with Gasteiger partial charge < -0.3 is 20.3 Å². The average molecular weight is 390 g/mol. The summed E-state index contributed by atoms with van der Waals surface area (Å²) >= 11 is 0. The molecule has 0 radical (unpaired) electrons. The Hall–Kier alpha value is -3.12. The van der Waals surface area contributed by atoms with Crippen molar-refractivity contribution in [3.63, 3.8) is 0 Å². The highest BCUT2D eigenvalue weighted by Crippen LogP contribution is 2.26. The van der Waals surface area contributed by atoms with Gasteiger partial charge in [-0.3, -0.25) is 0 Å². The minimum Gasteiger partial charge on any atom is -0.378 e.